The Kier molecular flexibility index (Phi) is 6.28. The van der Waals surface area contributed by atoms with Gasteiger partial charge in [0.1, 0.15) is 12.2 Å². The maximum Gasteiger partial charge on any atom is 0.282 e. The Morgan fingerprint density at radius 2 is 1.81 bits per heavy atom. The van der Waals surface area contributed by atoms with E-state index in [1.807, 2.05) is 31.2 Å². The van der Waals surface area contributed by atoms with Gasteiger partial charge in [-0.2, -0.15) is 0 Å². The molecule has 6 nitrogen and oxygen atoms in total. The second kappa shape index (κ2) is 9.28. The zero-order chi connectivity index (χ0) is 22.7. The van der Waals surface area contributed by atoms with Gasteiger partial charge in [-0.1, -0.05) is 48.0 Å². The minimum Gasteiger partial charge on any atom is -0.493 e. The topological polar surface area (TPSA) is 67.9 Å². The lowest BCUT2D eigenvalue weighted by atomic mass is 10.1. The molecule has 0 spiro atoms. The molecule has 3 aromatic rings. The van der Waals surface area contributed by atoms with Gasteiger partial charge >= 0.3 is 0 Å². The van der Waals surface area contributed by atoms with Crippen LogP contribution in [0, 0.1) is 6.92 Å². The molecule has 0 bridgehead atoms. The number of aryl methyl sites for hydroxylation is 1. The van der Waals surface area contributed by atoms with Crippen molar-refractivity contribution >= 4 is 39.5 Å². The molecule has 0 saturated carbocycles. The highest BCUT2D eigenvalue weighted by Crippen LogP contribution is 2.38. The molecule has 32 heavy (non-hydrogen) atoms. The monoisotopic (exact) mass is 492 g/mol. The lowest BCUT2D eigenvalue weighted by Crippen LogP contribution is -2.35. The molecular weight excluding hydrogens is 472 g/mol. The third-order valence-electron chi connectivity index (χ3n) is 4.93. The molecule has 1 heterocycles. The summed E-state index contributed by atoms with van der Waals surface area (Å²) in [5.41, 5.74) is 6.05. The Balaban J connectivity index is 1.59. The van der Waals surface area contributed by atoms with E-state index in [4.69, 9.17) is 9.47 Å². The number of carbonyl (C=O) groups excluding carboxylic acids is 2. The number of hydrogen-bond acceptors (Lipinski definition) is 4. The van der Waals surface area contributed by atoms with Gasteiger partial charge in [0.25, 0.3) is 11.8 Å². The zero-order valence-electron chi connectivity index (χ0n) is 17.6. The highest BCUT2D eigenvalue weighted by Gasteiger charge is 2.34. The van der Waals surface area contributed by atoms with Crippen LogP contribution in [-0.2, 0) is 16.2 Å². The highest BCUT2D eigenvalue weighted by atomic mass is 79.9. The Hall–Kier alpha value is -3.58. The normalized spacial score (nSPS) is 14.6. The molecule has 162 valence electrons. The maximum atomic E-state index is 12.8. The van der Waals surface area contributed by atoms with Crippen LogP contribution in [0.1, 0.15) is 16.7 Å². The molecule has 3 aromatic carbocycles. The third kappa shape index (κ3) is 4.53. The molecule has 2 amide bonds. The van der Waals surface area contributed by atoms with E-state index in [1.165, 1.54) is 11.1 Å². The number of benzene rings is 3. The van der Waals surface area contributed by atoms with Gasteiger partial charge in [0.05, 0.1) is 17.3 Å². The average Bonchev–Trinajstić information content (AvgIpc) is 3.07. The van der Waals surface area contributed by atoms with Gasteiger partial charge in [-0.05, 0) is 64.3 Å². The quantitative estimate of drug-likeness (QED) is 0.396. The van der Waals surface area contributed by atoms with Crippen LogP contribution in [0.15, 0.2) is 76.8 Å². The van der Waals surface area contributed by atoms with Crippen molar-refractivity contribution < 1.29 is 19.1 Å². The molecule has 4 rings (SSSR count). The minimum absolute atomic E-state index is 0.0382. The largest absolute Gasteiger partial charge is 0.493 e. The first-order valence-electron chi connectivity index (χ1n) is 9.94. The number of amides is 2. The van der Waals surface area contributed by atoms with Crippen LogP contribution < -0.4 is 19.9 Å². The van der Waals surface area contributed by atoms with Gasteiger partial charge in [0.15, 0.2) is 11.5 Å². The van der Waals surface area contributed by atoms with E-state index in [9.17, 15) is 9.59 Å². The number of methoxy groups -OCH3 is 1. The molecule has 1 aliphatic rings. The van der Waals surface area contributed by atoms with E-state index in [0.717, 1.165) is 11.1 Å². The Morgan fingerprint density at radius 1 is 1.03 bits per heavy atom. The van der Waals surface area contributed by atoms with Crippen LogP contribution in [-0.4, -0.2) is 18.9 Å². The summed E-state index contributed by atoms with van der Waals surface area (Å²) in [6, 6.07) is 20.5. The molecule has 1 N–H and O–H groups in total. The second-order valence-electron chi connectivity index (χ2n) is 7.29. The number of nitrogens with one attached hydrogen (secondary N) is 1. The van der Waals surface area contributed by atoms with E-state index in [0.29, 0.717) is 33.8 Å². The highest BCUT2D eigenvalue weighted by molar-refractivity contribution is 9.10. The smallest absolute Gasteiger partial charge is 0.282 e. The van der Waals surface area contributed by atoms with Gasteiger partial charge in [-0.15, -0.1) is 0 Å². The van der Waals surface area contributed by atoms with Crippen LogP contribution in [0.4, 0.5) is 5.69 Å². The fourth-order valence-electron chi connectivity index (χ4n) is 3.40. The number of hydrazine groups is 1. The first-order chi connectivity index (χ1) is 15.5. The van der Waals surface area contributed by atoms with Gasteiger partial charge < -0.3 is 9.47 Å². The van der Waals surface area contributed by atoms with Gasteiger partial charge in [0, 0.05) is 0 Å². The zero-order valence-corrected chi connectivity index (χ0v) is 19.2. The van der Waals surface area contributed by atoms with E-state index < -0.39 is 11.8 Å². The minimum atomic E-state index is -0.464. The summed E-state index contributed by atoms with van der Waals surface area (Å²) >= 11 is 3.52. The Morgan fingerprint density at radius 3 is 2.53 bits per heavy atom. The first-order valence-corrected chi connectivity index (χ1v) is 10.7. The molecule has 0 aliphatic carbocycles. The second-order valence-corrected chi connectivity index (χ2v) is 8.14. The number of anilines is 1. The fourth-order valence-corrected chi connectivity index (χ4v) is 3.98. The molecule has 0 aromatic heterocycles. The van der Waals surface area contributed by atoms with E-state index in [1.54, 1.807) is 43.5 Å². The van der Waals surface area contributed by atoms with Crippen molar-refractivity contribution in [1.82, 2.24) is 5.43 Å². The van der Waals surface area contributed by atoms with Gasteiger partial charge in [0.2, 0.25) is 0 Å². The molecular formula is C25H21BrN2O4. The maximum absolute atomic E-state index is 12.8. The fraction of sp³-hybridized carbons (Fsp3) is 0.120. The number of rotatable bonds is 6. The number of nitrogens with zero attached hydrogens (tertiary/aromatic N) is 1. The summed E-state index contributed by atoms with van der Waals surface area (Å²) in [5.74, 6) is 0.152. The van der Waals surface area contributed by atoms with E-state index >= 15 is 0 Å². The van der Waals surface area contributed by atoms with Crippen molar-refractivity contribution in [2.75, 3.05) is 12.1 Å². The summed E-state index contributed by atoms with van der Waals surface area (Å²) < 4.78 is 12.2. The van der Waals surface area contributed by atoms with Gasteiger partial charge in [-0.25, -0.2) is 5.01 Å². The average molecular weight is 493 g/mol. The molecule has 7 heteroatoms. The van der Waals surface area contributed by atoms with Crippen molar-refractivity contribution in [2.45, 2.75) is 13.5 Å². The Labute approximate surface area is 194 Å². The van der Waals surface area contributed by atoms with Crippen LogP contribution in [0.25, 0.3) is 6.08 Å². The molecule has 1 saturated heterocycles. The predicted molar refractivity (Wildman–Crippen MR) is 126 cm³/mol. The molecule has 0 unspecified atom stereocenters. The first kappa shape index (κ1) is 21.6. The van der Waals surface area contributed by atoms with Crippen molar-refractivity contribution in [2.24, 2.45) is 0 Å². The predicted octanol–water partition coefficient (Wildman–Crippen LogP) is 4.81. The van der Waals surface area contributed by atoms with E-state index in [2.05, 4.69) is 27.4 Å². The lowest BCUT2D eigenvalue weighted by Gasteiger charge is -2.14. The lowest BCUT2D eigenvalue weighted by molar-refractivity contribution is -0.117. The van der Waals surface area contributed by atoms with Crippen molar-refractivity contribution in [3.63, 3.8) is 0 Å². The summed E-state index contributed by atoms with van der Waals surface area (Å²) in [6.45, 7) is 2.41. The number of ether oxygens (including phenoxy) is 2. The van der Waals surface area contributed by atoms with Gasteiger partial charge in [-0.3, -0.25) is 15.0 Å². The van der Waals surface area contributed by atoms with Crippen LogP contribution in [0.2, 0.25) is 0 Å². The summed E-state index contributed by atoms with van der Waals surface area (Å²) in [7, 11) is 1.54. The SMILES string of the molecule is COc1cc(/C=C2/C(=O)NN(c3ccccc3)C2=O)cc(Br)c1OCc1cccc(C)c1. The summed E-state index contributed by atoms with van der Waals surface area (Å²) in [5, 5.41) is 1.24. The standard InChI is InChI=1S/C25H21BrN2O4/c1-16-7-6-8-17(11-16)15-32-23-21(26)13-18(14-22(23)31-2)12-20-24(29)27-28(25(20)30)19-9-4-3-5-10-19/h3-14H,15H2,1-2H3,(H,27,29)/b20-12-. The Bertz CT molecular complexity index is 1210. The number of para-hydroxylation sites is 1. The van der Waals surface area contributed by atoms with E-state index in [-0.39, 0.29) is 5.57 Å². The van der Waals surface area contributed by atoms with Crippen molar-refractivity contribution in [3.05, 3.63) is 93.5 Å². The van der Waals surface area contributed by atoms with Crippen LogP contribution in [0.5, 0.6) is 11.5 Å². The number of hydrogen-bond donors (Lipinski definition) is 1. The van der Waals surface area contributed by atoms with Crippen molar-refractivity contribution in [3.8, 4) is 11.5 Å². The summed E-state index contributed by atoms with van der Waals surface area (Å²) in [6.07, 6.45) is 1.54. The van der Waals surface area contributed by atoms with Crippen LogP contribution in [0.3, 0.4) is 0 Å². The molecule has 1 aliphatic heterocycles. The van der Waals surface area contributed by atoms with Crippen molar-refractivity contribution in [1.29, 1.82) is 0 Å². The molecule has 0 atom stereocenters. The number of halogens is 1. The third-order valence-corrected chi connectivity index (χ3v) is 5.52. The summed E-state index contributed by atoms with van der Waals surface area (Å²) in [4.78, 5) is 25.3. The number of carbonyl (C=O) groups is 2. The molecule has 0 radical (unpaired) electrons. The molecule has 1 fully saturated rings. The van der Waals surface area contributed by atoms with Crippen LogP contribution >= 0.6 is 15.9 Å².